The summed E-state index contributed by atoms with van der Waals surface area (Å²) in [5.74, 6) is -0.236. The van der Waals surface area contributed by atoms with Gasteiger partial charge in [0.05, 0.1) is 12.0 Å². The van der Waals surface area contributed by atoms with Crippen LogP contribution in [0.3, 0.4) is 0 Å². The van der Waals surface area contributed by atoms with Crippen molar-refractivity contribution in [1.82, 2.24) is 10.2 Å². The molecule has 25 heavy (non-hydrogen) atoms. The van der Waals surface area contributed by atoms with E-state index in [9.17, 15) is 9.59 Å². The summed E-state index contributed by atoms with van der Waals surface area (Å²) in [7, 11) is 1.64. The number of carbonyl (C=O) groups excluding carboxylic acids is 2. The minimum atomic E-state index is -0.551. The lowest BCUT2D eigenvalue weighted by Crippen LogP contribution is -2.34. The number of anilines is 1. The zero-order valence-electron chi connectivity index (χ0n) is 15.4. The highest BCUT2D eigenvalue weighted by Crippen LogP contribution is 2.12. The fourth-order valence-electron chi connectivity index (χ4n) is 2.00. The van der Waals surface area contributed by atoms with Crippen molar-refractivity contribution in [3.63, 3.8) is 0 Å². The van der Waals surface area contributed by atoms with Gasteiger partial charge in [0.1, 0.15) is 5.60 Å². The van der Waals surface area contributed by atoms with E-state index in [4.69, 9.17) is 10.00 Å². The second-order valence-electron chi connectivity index (χ2n) is 6.90. The zero-order valence-corrected chi connectivity index (χ0v) is 15.4. The van der Waals surface area contributed by atoms with Crippen LogP contribution in [-0.4, -0.2) is 36.2 Å². The van der Waals surface area contributed by atoms with E-state index in [1.807, 2.05) is 6.07 Å². The molecular weight excluding hydrogens is 320 g/mol. The molecule has 1 rings (SSSR count). The average Bonchev–Trinajstić information content (AvgIpc) is 2.51. The van der Waals surface area contributed by atoms with Crippen molar-refractivity contribution < 1.29 is 14.3 Å². The van der Waals surface area contributed by atoms with Crippen molar-refractivity contribution in [2.45, 2.75) is 39.8 Å². The van der Waals surface area contributed by atoms with E-state index in [1.54, 1.807) is 52.9 Å². The number of alkyl carbamates (subject to hydrolysis) is 1. The molecule has 0 aromatic heterocycles. The molecule has 0 aliphatic heterocycles. The summed E-state index contributed by atoms with van der Waals surface area (Å²) in [5, 5.41) is 14.3. The number of nitrogens with zero attached hydrogens (tertiary/aromatic N) is 2. The molecule has 7 heteroatoms. The summed E-state index contributed by atoms with van der Waals surface area (Å²) in [6, 6.07) is 8.97. The van der Waals surface area contributed by atoms with Crippen molar-refractivity contribution in [2.75, 3.05) is 18.9 Å². The van der Waals surface area contributed by atoms with Crippen LogP contribution in [0.1, 0.15) is 33.3 Å². The fourth-order valence-corrected chi connectivity index (χ4v) is 2.00. The lowest BCUT2D eigenvalue weighted by Gasteiger charge is -2.20. The minimum Gasteiger partial charge on any atom is -0.444 e. The number of rotatable bonds is 5. The molecule has 0 aliphatic rings. The highest BCUT2D eigenvalue weighted by Gasteiger charge is 2.16. The van der Waals surface area contributed by atoms with Crippen LogP contribution in [0.2, 0.25) is 0 Å². The molecule has 0 bridgehead atoms. The number of hydrogen-bond donors (Lipinski definition) is 2. The maximum Gasteiger partial charge on any atom is 0.407 e. The molecule has 0 heterocycles. The molecule has 0 aliphatic carbocycles. The van der Waals surface area contributed by atoms with Crippen LogP contribution in [0.5, 0.6) is 0 Å². The van der Waals surface area contributed by atoms with Crippen molar-refractivity contribution in [2.24, 2.45) is 5.92 Å². The van der Waals surface area contributed by atoms with Gasteiger partial charge in [0, 0.05) is 25.8 Å². The SMILES string of the molecule is CC(C#N)CN(C)C(=O)Nc1cccc(CNC(=O)OC(C)(C)C)c1. The summed E-state index contributed by atoms with van der Waals surface area (Å²) in [6.45, 7) is 7.79. The van der Waals surface area contributed by atoms with Gasteiger partial charge in [-0.15, -0.1) is 0 Å². The van der Waals surface area contributed by atoms with Gasteiger partial charge in [0.2, 0.25) is 0 Å². The number of benzene rings is 1. The average molecular weight is 346 g/mol. The smallest absolute Gasteiger partial charge is 0.407 e. The molecule has 0 radical (unpaired) electrons. The van der Waals surface area contributed by atoms with E-state index >= 15 is 0 Å². The van der Waals surface area contributed by atoms with Gasteiger partial charge in [-0.2, -0.15) is 5.26 Å². The first-order valence-corrected chi connectivity index (χ1v) is 8.08. The van der Waals surface area contributed by atoms with Gasteiger partial charge in [-0.05, 0) is 45.4 Å². The molecule has 136 valence electrons. The molecular formula is C18H26N4O3. The summed E-state index contributed by atoms with van der Waals surface area (Å²) < 4.78 is 5.18. The number of urea groups is 1. The predicted molar refractivity (Wildman–Crippen MR) is 95.9 cm³/mol. The van der Waals surface area contributed by atoms with Gasteiger partial charge in [0.15, 0.2) is 0 Å². The summed E-state index contributed by atoms with van der Waals surface area (Å²) in [5.41, 5.74) is 0.895. The number of amides is 3. The Bertz CT molecular complexity index is 646. The van der Waals surface area contributed by atoms with E-state index < -0.39 is 11.7 Å². The first-order valence-electron chi connectivity index (χ1n) is 8.08. The van der Waals surface area contributed by atoms with Crippen LogP contribution in [0, 0.1) is 17.2 Å². The Hall–Kier alpha value is -2.75. The molecule has 0 spiro atoms. The molecule has 7 nitrogen and oxygen atoms in total. The largest absolute Gasteiger partial charge is 0.444 e. The Labute approximate surface area is 148 Å². The number of nitrogens with one attached hydrogen (secondary N) is 2. The third-order valence-corrected chi connectivity index (χ3v) is 3.13. The molecule has 3 amide bonds. The minimum absolute atomic E-state index is 0.236. The van der Waals surface area contributed by atoms with Gasteiger partial charge in [-0.25, -0.2) is 9.59 Å². The molecule has 2 N–H and O–H groups in total. The van der Waals surface area contributed by atoms with Crippen LogP contribution in [-0.2, 0) is 11.3 Å². The van der Waals surface area contributed by atoms with E-state index in [1.165, 1.54) is 4.90 Å². The summed E-state index contributed by atoms with van der Waals surface area (Å²) >= 11 is 0. The number of nitriles is 1. The van der Waals surface area contributed by atoms with Crippen molar-refractivity contribution in [3.8, 4) is 6.07 Å². The normalized spacial score (nSPS) is 11.8. The van der Waals surface area contributed by atoms with E-state index in [0.717, 1.165) is 5.56 Å². The molecule has 0 fully saturated rings. The molecule has 0 saturated carbocycles. The second-order valence-corrected chi connectivity index (χ2v) is 6.90. The molecule has 1 aromatic carbocycles. The highest BCUT2D eigenvalue weighted by molar-refractivity contribution is 5.89. The molecule has 0 saturated heterocycles. The van der Waals surface area contributed by atoms with Gasteiger partial charge in [-0.1, -0.05) is 12.1 Å². The molecule has 1 aromatic rings. The third-order valence-electron chi connectivity index (χ3n) is 3.13. The standard InChI is InChI=1S/C18H26N4O3/c1-13(10-19)12-22(5)16(23)21-15-8-6-7-14(9-15)11-20-17(24)25-18(2,3)4/h6-9,13H,11-12H2,1-5H3,(H,20,24)(H,21,23). The Morgan fingerprint density at radius 2 is 2.04 bits per heavy atom. The maximum atomic E-state index is 12.1. The van der Waals surface area contributed by atoms with Crippen LogP contribution < -0.4 is 10.6 Å². The zero-order chi connectivity index (χ0) is 19.0. The first kappa shape index (κ1) is 20.3. The van der Waals surface area contributed by atoms with Gasteiger partial charge in [-0.3, -0.25) is 0 Å². The third kappa shape index (κ3) is 8.06. The lowest BCUT2D eigenvalue weighted by molar-refractivity contribution is 0.0523. The van der Waals surface area contributed by atoms with Crippen LogP contribution in [0.4, 0.5) is 15.3 Å². The van der Waals surface area contributed by atoms with Crippen LogP contribution in [0.25, 0.3) is 0 Å². The second kappa shape index (κ2) is 8.92. The number of carbonyl (C=O) groups is 2. The lowest BCUT2D eigenvalue weighted by atomic mass is 10.2. The maximum absolute atomic E-state index is 12.1. The molecule has 1 unspecified atom stereocenters. The summed E-state index contributed by atoms with van der Waals surface area (Å²) in [4.78, 5) is 25.3. The Balaban J connectivity index is 2.59. The highest BCUT2D eigenvalue weighted by atomic mass is 16.6. The Morgan fingerprint density at radius 3 is 2.64 bits per heavy atom. The monoisotopic (exact) mass is 346 g/mol. The topological polar surface area (TPSA) is 94.5 Å². The summed E-state index contributed by atoms with van der Waals surface area (Å²) in [6.07, 6.45) is -0.493. The van der Waals surface area contributed by atoms with Crippen LogP contribution in [0.15, 0.2) is 24.3 Å². The van der Waals surface area contributed by atoms with Crippen molar-refractivity contribution in [1.29, 1.82) is 5.26 Å². The quantitative estimate of drug-likeness (QED) is 0.855. The fraction of sp³-hybridized carbons (Fsp3) is 0.500. The van der Waals surface area contributed by atoms with Gasteiger partial charge >= 0.3 is 12.1 Å². The van der Waals surface area contributed by atoms with Gasteiger partial charge in [0.25, 0.3) is 0 Å². The van der Waals surface area contributed by atoms with Crippen molar-refractivity contribution in [3.05, 3.63) is 29.8 Å². The Kier molecular flexibility index (Phi) is 7.24. The first-order chi connectivity index (χ1) is 11.6. The van der Waals surface area contributed by atoms with E-state index in [2.05, 4.69) is 16.7 Å². The number of ether oxygens (including phenoxy) is 1. The van der Waals surface area contributed by atoms with E-state index in [-0.39, 0.29) is 11.9 Å². The van der Waals surface area contributed by atoms with Gasteiger partial charge < -0.3 is 20.3 Å². The van der Waals surface area contributed by atoms with E-state index in [0.29, 0.717) is 18.8 Å². The predicted octanol–water partition coefficient (Wildman–Crippen LogP) is 3.33. The Morgan fingerprint density at radius 1 is 1.36 bits per heavy atom. The number of hydrogen-bond acceptors (Lipinski definition) is 4. The molecule has 1 atom stereocenters. The van der Waals surface area contributed by atoms with Crippen LogP contribution >= 0.6 is 0 Å². The van der Waals surface area contributed by atoms with Crippen molar-refractivity contribution >= 4 is 17.8 Å².